The predicted molar refractivity (Wildman–Crippen MR) is 137 cm³/mol. The highest BCUT2D eigenvalue weighted by Gasteiger charge is 2.20. The molecule has 0 bridgehead atoms. The van der Waals surface area contributed by atoms with Crippen molar-refractivity contribution in [3.8, 4) is 11.5 Å². The zero-order valence-electron chi connectivity index (χ0n) is 20.6. The summed E-state index contributed by atoms with van der Waals surface area (Å²) < 4.78 is 7.38. The number of anilines is 1. The maximum Gasteiger partial charge on any atom is 0.256 e. The molecule has 8 heteroatoms. The summed E-state index contributed by atoms with van der Waals surface area (Å²) >= 11 is 0. The van der Waals surface area contributed by atoms with Crippen LogP contribution in [0.4, 0.5) is 5.69 Å². The molecule has 1 amide bonds. The number of benzene rings is 1. The highest BCUT2D eigenvalue weighted by molar-refractivity contribution is 6.12. The van der Waals surface area contributed by atoms with Gasteiger partial charge in [-0.3, -0.25) is 9.69 Å². The lowest BCUT2D eigenvalue weighted by Gasteiger charge is -2.34. The quantitative estimate of drug-likeness (QED) is 0.421. The number of nitrogens with zero attached hydrogens (tertiary/aromatic N) is 5. The minimum atomic E-state index is -0.197. The summed E-state index contributed by atoms with van der Waals surface area (Å²) in [4.78, 5) is 23.1. The van der Waals surface area contributed by atoms with Gasteiger partial charge in [0.05, 0.1) is 23.4 Å². The summed E-state index contributed by atoms with van der Waals surface area (Å²) in [6, 6.07) is 13.7. The smallest absolute Gasteiger partial charge is 0.256 e. The van der Waals surface area contributed by atoms with Gasteiger partial charge >= 0.3 is 0 Å². The van der Waals surface area contributed by atoms with E-state index in [1.165, 1.54) is 5.56 Å². The number of carbonyl (C=O) groups excluding carboxylic acids is 1. The first-order chi connectivity index (χ1) is 17.0. The topological polar surface area (TPSA) is 79.4 Å². The van der Waals surface area contributed by atoms with E-state index in [0.29, 0.717) is 28.1 Å². The van der Waals surface area contributed by atoms with Crippen LogP contribution in [0.2, 0.25) is 0 Å². The van der Waals surface area contributed by atoms with Gasteiger partial charge in [-0.15, -0.1) is 0 Å². The van der Waals surface area contributed by atoms with Crippen LogP contribution in [-0.2, 0) is 6.54 Å². The van der Waals surface area contributed by atoms with Crippen molar-refractivity contribution in [2.24, 2.45) is 0 Å². The average molecular weight is 473 g/mol. The Morgan fingerprint density at radius 2 is 1.83 bits per heavy atom. The van der Waals surface area contributed by atoms with Crippen LogP contribution < -0.4 is 5.32 Å². The van der Waals surface area contributed by atoms with Gasteiger partial charge in [-0.1, -0.05) is 19.1 Å². The van der Waals surface area contributed by atoms with Crippen molar-refractivity contribution in [1.82, 2.24) is 24.6 Å². The zero-order valence-corrected chi connectivity index (χ0v) is 20.6. The molecule has 4 aromatic rings. The van der Waals surface area contributed by atoms with Crippen molar-refractivity contribution < 1.29 is 9.21 Å². The maximum atomic E-state index is 13.4. The Hall–Kier alpha value is -3.49. The number of amides is 1. The van der Waals surface area contributed by atoms with Crippen molar-refractivity contribution in [1.29, 1.82) is 0 Å². The van der Waals surface area contributed by atoms with Gasteiger partial charge in [-0.05, 0) is 56.3 Å². The van der Waals surface area contributed by atoms with E-state index in [0.717, 1.165) is 45.0 Å². The Kier molecular flexibility index (Phi) is 6.66. The Morgan fingerprint density at radius 3 is 2.49 bits per heavy atom. The number of fused-ring (bicyclic) bond motifs is 1. The fraction of sp³-hybridized carbons (Fsp3) is 0.370. The number of hydrogen-bond donors (Lipinski definition) is 1. The van der Waals surface area contributed by atoms with E-state index < -0.39 is 0 Å². The molecule has 1 saturated heterocycles. The number of aromatic nitrogens is 3. The van der Waals surface area contributed by atoms with Crippen LogP contribution in [0.3, 0.4) is 0 Å². The average Bonchev–Trinajstić information content (AvgIpc) is 3.55. The van der Waals surface area contributed by atoms with Crippen LogP contribution in [0.25, 0.3) is 22.5 Å². The molecular formula is C27H32N6O2. The van der Waals surface area contributed by atoms with Crippen molar-refractivity contribution in [3.05, 3.63) is 66.1 Å². The van der Waals surface area contributed by atoms with Crippen molar-refractivity contribution >= 4 is 22.6 Å². The molecule has 0 aliphatic carbocycles. The largest absolute Gasteiger partial charge is 0.463 e. The molecule has 1 aliphatic rings. The van der Waals surface area contributed by atoms with Gasteiger partial charge in [0.2, 0.25) is 0 Å². The summed E-state index contributed by atoms with van der Waals surface area (Å²) in [5.41, 5.74) is 3.80. The third-order valence-electron chi connectivity index (χ3n) is 6.60. The van der Waals surface area contributed by atoms with Gasteiger partial charge < -0.3 is 14.6 Å². The molecular weight excluding hydrogens is 440 g/mol. The number of piperazine rings is 1. The highest BCUT2D eigenvalue weighted by atomic mass is 16.3. The second kappa shape index (κ2) is 10.0. The van der Waals surface area contributed by atoms with E-state index >= 15 is 0 Å². The monoisotopic (exact) mass is 472 g/mol. The van der Waals surface area contributed by atoms with Gasteiger partial charge in [0.25, 0.3) is 5.91 Å². The first-order valence-electron chi connectivity index (χ1n) is 12.3. The fourth-order valence-corrected chi connectivity index (χ4v) is 4.55. The van der Waals surface area contributed by atoms with Crippen LogP contribution in [0.15, 0.2) is 59.3 Å². The van der Waals surface area contributed by atoms with E-state index in [1.54, 1.807) is 18.5 Å². The molecule has 1 fully saturated rings. The van der Waals surface area contributed by atoms with Gasteiger partial charge in [-0.25, -0.2) is 9.67 Å². The molecule has 0 unspecified atom stereocenters. The third kappa shape index (κ3) is 4.99. The Bertz CT molecular complexity index is 1290. The maximum absolute atomic E-state index is 13.4. The lowest BCUT2D eigenvalue weighted by molar-refractivity contribution is 0.102. The number of hydrogen-bond acceptors (Lipinski definition) is 6. The van der Waals surface area contributed by atoms with Gasteiger partial charge in [-0.2, -0.15) is 5.10 Å². The number of nitrogens with one attached hydrogen (secondary N) is 1. The minimum absolute atomic E-state index is 0.111. The van der Waals surface area contributed by atoms with Crippen LogP contribution in [0, 0.1) is 0 Å². The number of pyridine rings is 1. The number of likely N-dealkylation sites (N-methyl/N-ethyl adjacent to an activating group) is 1. The van der Waals surface area contributed by atoms with Crippen LogP contribution in [0.5, 0.6) is 0 Å². The standard InChI is InChI=1S/C27H32N6O2/c1-4-31-11-13-32(14-12-31)18-20-7-9-21(10-8-20)29-27(34)22-16-24(25-6-5-15-35-25)30-26-23(22)17-28-33(26)19(2)3/h5-10,15-17,19H,4,11-14,18H2,1-3H3,(H,29,34). The van der Waals surface area contributed by atoms with Crippen molar-refractivity contribution in [2.45, 2.75) is 33.4 Å². The highest BCUT2D eigenvalue weighted by Crippen LogP contribution is 2.27. The Balaban J connectivity index is 1.35. The molecule has 0 saturated carbocycles. The predicted octanol–water partition coefficient (Wildman–Crippen LogP) is 4.66. The Morgan fingerprint density at radius 1 is 1.09 bits per heavy atom. The molecule has 8 nitrogen and oxygen atoms in total. The summed E-state index contributed by atoms with van der Waals surface area (Å²) in [7, 11) is 0. The summed E-state index contributed by atoms with van der Waals surface area (Å²) in [5, 5.41) is 8.25. The molecule has 1 aromatic carbocycles. The first kappa shape index (κ1) is 23.3. The minimum Gasteiger partial charge on any atom is -0.463 e. The molecule has 182 valence electrons. The van der Waals surface area contributed by atoms with Gasteiger partial charge in [0.15, 0.2) is 11.4 Å². The summed E-state index contributed by atoms with van der Waals surface area (Å²) in [6.07, 6.45) is 3.32. The zero-order chi connectivity index (χ0) is 24.4. The summed E-state index contributed by atoms with van der Waals surface area (Å²) in [6.45, 7) is 12.8. The molecule has 1 aliphatic heterocycles. The summed E-state index contributed by atoms with van der Waals surface area (Å²) in [5.74, 6) is 0.415. The number of furan rings is 1. The molecule has 0 radical (unpaired) electrons. The van der Waals surface area contributed by atoms with Gasteiger partial charge in [0, 0.05) is 44.5 Å². The lowest BCUT2D eigenvalue weighted by Crippen LogP contribution is -2.45. The molecule has 0 spiro atoms. The lowest BCUT2D eigenvalue weighted by atomic mass is 10.1. The van der Waals surface area contributed by atoms with E-state index in [4.69, 9.17) is 9.40 Å². The van der Waals surface area contributed by atoms with Crippen LogP contribution >= 0.6 is 0 Å². The molecule has 0 atom stereocenters. The third-order valence-corrected chi connectivity index (χ3v) is 6.60. The molecule has 4 heterocycles. The first-order valence-corrected chi connectivity index (χ1v) is 12.3. The molecule has 5 rings (SSSR count). The van der Waals surface area contributed by atoms with Crippen molar-refractivity contribution in [3.63, 3.8) is 0 Å². The van der Waals surface area contributed by atoms with E-state index in [9.17, 15) is 4.79 Å². The van der Waals surface area contributed by atoms with Crippen LogP contribution in [-0.4, -0.2) is 63.2 Å². The number of rotatable bonds is 7. The van der Waals surface area contributed by atoms with E-state index in [-0.39, 0.29) is 11.9 Å². The number of carbonyl (C=O) groups is 1. The van der Waals surface area contributed by atoms with E-state index in [2.05, 4.69) is 39.3 Å². The molecule has 3 aromatic heterocycles. The Labute approximate surface area is 205 Å². The fourth-order valence-electron chi connectivity index (χ4n) is 4.55. The van der Waals surface area contributed by atoms with E-state index in [1.807, 2.05) is 42.8 Å². The van der Waals surface area contributed by atoms with Gasteiger partial charge in [0.1, 0.15) is 5.69 Å². The molecule has 35 heavy (non-hydrogen) atoms. The second-order valence-electron chi connectivity index (χ2n) is 9.31. The van der Waals surface area contributed by atoms with Crippen molar-refractivity contribution in [2.75, 3.05) is 38.0 Å². The molecule has 1 N–H and O–H groups in total. The SMILES string of the molecule is CCN1CCN(Cc2ccc(NC(=O)c3cc(-c4ccco4)nc4c3cnn4C(C)C)cc2)CC1. The van der Waals surface area contributed by atoms with Crippen LogP contribution in [0.1, 0.15) is 42.7 Å². The normalized spacial score (nSPS) is 15.2. The second-order valence-corrected chi connectivity index (χ2v) is 9.31.